The minimum atomic E-state index is -4.17. The van der Waals surface area contributed by atoms with Gasteiger partial charge in [-0.1, -0.05) is 29.3 Å². The zero-order valence-electron chi connectivity index (χ0n) is 26.4. The largest absolute Gasteiger partial charge is 0.391 e. The van der Waals surface area contributed by atoms with Crippen molar-refractivity contribution in [3.05, 3.63) is 45.4 Å². The van der Waals surface area contributed by atoms with E-state index in [2.05, 4.69) is 20.9 Å². The summed E-state index contributed by atoms with van der Waals surface area (Å²) in [5.41, 5.74) is 1.42. The van der Waals surface area contributed by atoms with Crippen molar-refractivity contribution < 1.29 is 27.2 Å². The Bertz CT molecular complexity index is 1690. The molecule has 1 aromatic heterocycles. The first-order valence-corrected chi connectivity index (χ1v) is 16.7. The number of imidazole rings is 1. The van der Waals surface area contributed by atoms with E-state index >= 15 is 0 Å². The number of carbonyl (C=O) groups excluding carboxylic acids is 2. The standard InChI is InChI=1S/C33H38Cl2F4N6O2/c1-32(2,36)30(47)41-14-18-6-9-23(34)28(27(18)35)43-31-42-24-11-22(25(12-26(24)44(31)3)45-15-19-10-20(19)16-45)29(46)40-13-17-4-7-21(8-5-17)33(37,38)39/h6,9,11-12,17,19-21H,4-5,7-8,10,13-16H2,1-3H3,(H,40,46)(H,41,47)(H,42,43). The lowest BCUT2D eigenvalue weighted by atomic mass is 9.81. The van der Waals surface area contributed by atoms with Crippen LogP contribution in [0.25, 0.3) is 11.0 Å². The molecule has 2 aromatic carbocycles. The van der Waals surface area contributed by atoms with Crippen molar-refractivity contribution in [2.75, 3.05) is 29.9 Å². The van der Waals surface area contributed by atoms with Gasteiger partial charge >= 0.3 is 6.18 Å². The monoisotopic (exact) mass is 696 g/mol. The molecular formula is C33H38Cl2F4N6O2. The second kappa shape index (κ2) is 12.7. The van der Waals surface area contributed by atoms with Crippen LogP contribution in [0.4, 0.5) is 34.9 Å². The molecule has 6 rings (SSSR count). The van der Waals surface area contributed by atoms with Gasteiger partial charge in [-0.2, -0.15) is 13.2 Å². The number of fused-ring (bicyclic) bond motifs is 2. The van der Waals surface area contributed by atoms with E-state index in [1.165, 1.54) is 20.3 Å². The number of amides is 2. The summed E-state index contributed by atoms with van der Waals surface area (Å²) < 4.78 is 55.2. The van der Waals surface area contributed by atoms with Crippen molar-refractivity contribution in [2.45, 2.75) is 64.3 Å². The van der Waals surface area contributed by atoms with Crippen molar-refractivity contribution >= 4 is 63.4 Å². The fourth-order valence-electron chi connectivity index (χ4n) is 6.75. The van der Waals surface area contributed by atoms with Crippen molar-refractivity contribution in [2.24, 2.45) is 30.7 Å². The maximum absolute atomic E-state index is 14.0. The minimum absolute atomic E-state index is 0.00291. The second-order valence-electron chi connectivity index (χ2n) is 13.7. The van der Waals surface area contributed by atoms with Gasteiger partial charge in [-0.05, 0) is 87.5 Å². The van der Waals surface area contributed by atoms with Crippen LogP contribution in [-0.2, 0) is 18.4 Å². The van der Waals surface area contributed by atoms with Gasteiger partial charge in [0.2, 0.25) is 5.95 Å². The van der Waals surface area contributed by atoms with Gasteiger partial charge in [0, 0.05) is 33.2 Å². The molecule has 1 aliphatic heterocycles. The number of hydrogen-bond acceptors (Lipinski definition) is 5. The predicted molar refractivity (Wildman–Crippen MR) is 175 cm³/mol. The molecule has 3 aliphatic rings. The van der Waals surface area contributed by atoms with E-state index in [1.54, 1.807) is 18.2 Å². The van der Waals surface area contributed by atoms with Gasteiger partial charge in [0.15, 0.2) is 5.67 Å². The van der Waals surface area contributed by atoms with E-state index in [9.17, 15) is 27.2 Å². The molecule has 254 valence electrons. The van der Waals surface area contributed by atoms with Crippen LogP contribution in [0, 0.1) is 23.7 Å². The van der Waals surface area contributed by atoms with Crippen LogP contribution in [0.1, 0.15) is 61.9 Å². The fourth-order valence-corrected chi connectivity index (χ4v) is 7.28. The number of alkyl halides is 4. The third-order valence-corrected chi connectivity index (χ3v) is 10.6. The molecule has 2 unspecified atom stereocenters. The Labute approximate surface area is 280 Å². The Kier molecular flexibility index (Phi) is 9.06. The normalized spacial score (nSPS) is 22.7. The SMILES string of the molecule is Cn1c(Nc2c(Cl)ccc(CNC(=O)C(C)(C)F)c2Cl)nc2cc(C(=O)NCC3CCC(C(F)(F)F)CC3)c(N3CC4CC4C3)cc21. The number of halogens is 6. The summed E-state index contributed by atoms with van der Waals surface area (Å²) in [4.78, 5) is 32.7. The van der Waals surface area contributed by atoms with Crippen molar-refractivity contribution in [3.8, 4) is 0 Å². The van der Waals surface area contributed by atoms with Crippen LogP contribution in [0.2, 0.25) is 10.0 Å². The number of aryl methyl sites for hydroxylation is 1. The number of hydrogen-bond donors (Lipinski definition) is 3. The zero-order valence-corrected chi connectivity index (χ0v) is 27.9. The van der Waals surface area contributed by atoms with Gasteiger partial charge in [0.05, 0.1) is 43.9 Å². The molecule has 2 amide bonds. The third-order valence-electron chi connectivity index (χ3n) is 9.81. The fraction of sp³-hybridized carbons (Fsp3) is 0.545. The smallest absolute Gasteiger partial charge is 0.370 e. The lowest BCUT2D eigenvalue weighted by Crippen LogP contribution is -2.38. The molecule has 8 nitrogen and oxygen atoms in total. The van der Waals surface area contributed by atoms with Crippen LogP contribution in [0.15, 0.2) is 24.3 Å². The van der Waals surface area contributed by atoms with Crippen LogP contribution >= 0.6 is 23.2 Å². The molecule has 47 heavy (non-hydrogen) atoms. The van der Waals surface area contributed by atoms with Gasteiger partial charge in [0.25, 0.3) is 11.8 Å². The number of rotatable bonds is 9. The molecule has 2 atom stereocenters. The Balaban J connectivity index is 1.24. The molecule has 0 radical (unpaired) electrons. The molecule has 2 heterocycles. The molecular weight excluding hydrogens is 659 g/mol. The van der Waals surface area contributed by atoms with E-state index < -0.39 is 23.7 Å². The molecule has 14 heteroatoms. The quantitative estimate of drug-likeness (QED) is 0.201. The Morgan fingerprint density at radius 3 is 2.32 bits per heavy atom. The summed E-state index contributed by atoms with van der Waals surface area (Å²) >= 11 is 13.2. The molecule has 1 saturated heterocycles. The first kappa shape index (κ1) is 33.6. The summed E-state index contributed by atoms with van der Waals surface area (Å²) in [6, 6.07) is 6.98. The number of piperidine rings is 1. The van der Waals surface area contributed by atoms with Crippen molar-refractivity contribution in [3.63, 3.8) is 0 Å². The molecule has 3 aromatic rings. The molecule has 3 fully saturated rings. The summed E-state index contributed by atoms with van der Waals surface area (Å²) in [5, 5.41) is 9.29. The maximum Gasteiger partial charge on any atom is 0.391 e. The van der Waals surface area contributed by atoms with Gasteiger partial charge in [-0.25, -0.2) is 9.37 Å². The molecule has 2 saturated carbocycles. The summed E-state index contributed by atoms with van der Waals surface area (Å²) in [5.74, 6) is -0.677. The van der Waals surface area contributed by atoms with Gasteiger partial charge < -0.3 is 25.4 Å². The first-order chi connectivity index (χ1) is 22.1. The number of carbonyl (C=O) groups is 2. The topological polar surface area (TPSA) is 91.3 Å². The highest BCUT2D eigenvalue weighted by atomic mass is 35.5. The predicted octanol–water partition coefficient (Wildman–Crippen LogP) is 7.54. The minimum Gasteiger partial charge on any atom is -0.370 e. The highest BCUT2D eigenvalue weighted by Gasteiger charge is 2.46. The summed E-state index contributed by atoms with van der Waals surface area (Å²) in [7, 11) is 1.83. The van der Waals surface area contributed by atoms with Gasteiger partial charge in [-0.3, -0.25) is 9.59 Å². The summed E-state index contributed by atoms with van der Waals surface area (Å²) in [6.07, 6.45) is -1.96. The highest BCUT2D eigenvalue weighted by molar-refractivity contribution is 6.39. The average Bonchev–Trinajstić information content (AvgIpc) is 3.50. The van der Waals surface area contributed by atoms with Crippen molar-refractivity contribution in [1.29, 1.82) is 0 Å². The third kappa shape index (κ3) is 7.13. The van der Waals surface area contributed by atoms with Crippen LogP contribution in [-0.4, -0.2) is 52.8 Å². The molecule has 0 bridgehead atoms. The second-order valence-corrected chi connectivity index (χ2v) is 14.4. The lowest BCUT2D eigenvalue weighted by Gasteiger charge is -2.30. The Morgan fingerprint density at radius 1 is 1.00 bits per heavy atom. The van der Waals surface area contributed by atoms with E-state index in [0.29, 0.717) is 64.5 Å². The van der Waals surface area contributed by atoms with E-state index in [0.717, 1.165) is 24.3 Å². The van der Waals surface area contributed by atoms with E-state index in [-0.39, 0.29) is 36.2 Å². The van der Waals surface area contributed by atoms with Gasteiger partial charge in [-0.15, -0.1) is 0 Å². The van der Waals surface area contributed by atoms with E-state index in [1.807, 2.05) is 17.7 Å². The molecule has 3 N–H and O–H groups in total. The van der Waals surface area contributed by atoms with Gasteiger partial charge in [0.1, 0.15) is 0 Å². The number of nitrogens with zero attached hydrogens (tertiary/aromatic N) is 3. The Morgan fingerprint density at radius 2 is 1.68 bits per heavy atom. The maximum atomic E-state index is 14.0. The highest BCUT2D eigenvalue weighted by Crippen LogP contribution is 2.47. The number of aromatic nitrogens is 2. The number of anilines is 3. The van der Waals surface area contributed by atoms with Crippen LogP contribution < -0.4 is 20.9 Å². The molecule has 2 aliphatic carbocycles. The average molecular weight is 698 g/mol. The van der Waals surface area contributed by atoms with Crippen LogP contribution in [0.3, 0.4) is 0 Å². The van der Waals surface area contributed by atoms with Crippen LogP contribution in [0.5, 0.6) is 0 Å². The lowest BCUT2D eigenvalue weighted by molar-refractivity contribution is -0.183. The summed E-state index contributed by atoms with van der Waals surface area (Å²) in [6.45, 7) is 4.36. The number of benzene rings is 2. The Hall–Kier alpha value is -3.25. The number of nitrogens with one attached hydrogen (secondary N) is 3. The first-order valence-electron chi connectivity index (χ1n) is 15.9. The van der Waals surface area contributed by atoms with E-state index in [4.69, 9.17) is 28.2 Å². The molecule has 0 spiro atoms. The zero-order chi connectivity index (χ0) is 33.8. The van der Waals surface area contributed by atoms with Crippen molar-refractivity contribution in [1.82, 2.24) is 20.2 Å².